The van der Waals surface area contributed by atoms with E-state index in [4.69, 9.17) is 11.6 Å². The Morgan fingerprint density at radius 3 is 2.87 bits per heavy atom. The Kier molecular flexibility index (Phi) is 3.18. The van der Waals surface area contributed by atoms with Gasteiger partial charge in [-0.05, 0) is 36.8 Å². The minimum absolute atomic E-state index is 0.338. The molecular weight excluding hydrogens is 188 g/mol. The summed E-state index contributed by atoms with van der Waals surface area (Å²) >= 11 is 0. The Labute approximate surface area is 90.0 Å². The molecule has 1 aromatic heterocycles. The highest BCUT2D eigenvalue weighted by Gasteiger charge is 2.26. The smallest absolute Gasteiger partial charge is 0.0378 e. The van der Waals surface area contributed by atoms with Crippen LogP contribution in [0.4, 0.5) is 5.69 Å². The molecule has 1 aromatic rings. The highest BCUT2D eigenvalue weighted by molar-refractivity contribution is 5.44. The summed E-state index contributed by atoms with van der Waals surface area (Å²) in [5.41, 5.74) is 10.7. The van der Waals surface area contributed by atoms with Gasteiger partial charge in [0.2, 0.25) is 0 Å². The molecule has 0 spiro atoms. The number of hydrogen-bond acceptors (Lipinski definition) is 4. The van der Waals surface area contributed by atoms with Crippen molar-refractivity contribution < 1.29 is 0 Å². The number of rotatable bonds is 4. The normalized spacial score (nSPS) is 18.5. The van der Waals surface area contributed by atoms with Gasteiger partial charge in [-0.1, -0.05) is 6.42 Å². The van der Waals surface area contributed by atoms with Crippen LogP contribution in [0.1, 0.15) is 24.8 Å². The van der Waals surface area contributed by atoms with E-state index in [1.165, 1.54) is 19.3 Å². The lowest BCUT2D eigenvalue weighted by molar-refractivity contribution is 0.228. The van der Waals surface area contributed by atoms with E-state index in [-0.39, 0.29) is 0 Å². The first kappa shape index (κ1) is 10.4. The Bertz CT molecular complexity index is 322. The fourth-order valence-corrected chi connectivity index (χ4v) is 2.05. The number of nitrogen functional groups attached to an aromatic ring is 1. The third-order valence-corrected chi connectivity index (χ3v) is 3.31. The molecule has 1 unspecified atom stereocenters. The quantitative estimate of drug-likeness (QED) is 0.504. The molecule has 1 fully saturated rings. The van der Waals surface area contributed by atoms with Gasteiger partial charge in [-0.15, -0.1) is 0 Å². The summed E-state index contributed by atoms with van der Waals surface area (Å²) in [6.45, 7) is 0. The molecule has 4 nitrogen and oxygen atoms in total. The van der Waals surface area contributed by atoms with Crippen LogP contribution in [-0.4, -0.2) is 11.0 Å². The summed E-state index contributed by atoms with van der Waals surface area (Å²) in [7, 11) is 0. The molecule has 0 saturated heterocycles. The molecule has 0 radical (unpaired) electrons. The number of nitrogens with two attached hydrogens (primary N) is 2. The lowest BCUT2D eigenvalue weighted by Gasteiger charge is -2.33. The Hall–Kier alpha value is -1.13. The summed E-state index contributed by atoms with van der Waals surface area (Å²) in [6, 6.07) is 2.18. The number of hydrogen-bond donors (Lipinski definition) is 3. The van der Waals surface area contributed by atoms with E-state index in [2.05, 4.69) is 10.4 Å². The zero-order valence-electron chi connectivity index (χ0n) is 8.82. The first-order valence-corrected chi connectivity index (χ1v) is 5.45. The Balaban J connectivity index is 2.02. The number of pyridine rings is 1. The molecule has 0 aliphatic heterocycles. The Morgan fingerprint density at radius 1 is 1.53 bits per heavy atom. The van der Waals surface area contributed by atoms with E-state index in [9.17, 15) is 0 Å². The van der Waals surface area contributed by atoms with E-state index < -0.39 is 0 Å². The molecule has 1 aliphatic carbocycles. The van der Waals surface area contributed by atoms with Crippen LogP contribution in [0.2, 0.25) is 0 Å². The van der Waals surface area contributed by atoms with Crippen molar-refractivity contribution in [1.29, 1.82) is 0 Å². The molecule has 5 N–H and O–H groups in total. The molecule has 1 aliphatic rings. The van der Waals surface area contributed by atoms with Gasteiger partial charge in [0.25, 0.3) is 0 Å². The van der Waals surface area contributed by atoms with Gasteiger partial charge in [-0.25, -0.2) is 0 Å². The first-order chi connectivity index (χ1) is 7.31. The minimum atomic E-state index is 0.338. The summed E-state index contributed by atoms with van der Waals surface area (Å²) < 4.78 is 0. The molecule has 4 heteroatoms. The second kappa shape index (κ2) is 4.59. The number of nitrogens with zero attached hydrogens (tertiary/aromatic N) is 1. The molecule has 1 heterocycles. The third kappa shape index (κ3) is 2.27. The lowest BCUT2D eigenvalue weighted by Crippen LogP contribution is -2.45. The van der Waals surface area contributed by atoms with E-state index in [0.717, 1.165) is 17.7 Å². The highest BCUT2D eigenvalue weighted by Crippen LogP contribution is 2.31. The van der Waals surface area contributed by atoms with Crippen LogP contribution in [0.3, 0.4) is 0 Å². The molecule has 2 rings (SSSR count). The van der Waals surface area contributed by atoms with Crippen molar-refractivity contribution in [3.8, 4) is 0 Å². The maximum absolute atomic E-state index is 5.87. The van der Waals surface area contributed by atoms with Crippen LogP contribution in [-0.2, 0) is 6.42 Å². The monoisotopic (exact) mass is 206 g/mol. The SMILES string of the molecule is NNC(Cc1cnccc1N)C1CCC1. The van der Waals surface area contributed by atoms with Gasteiger partial charge in [-0.3, -0.25) is 16.3 Å². The third-order valence-electron chi connectivity index (χ3n) is 3.31. The number of hydrazine groups is 1. The van der Waals surface area contributed by atoms with E-state index in [1.54, 1.807) is 6.20 Å². The standard InChI is InChI=1S/C11H18N4/c12-10-4-5-14-7-9(10)6-11(15-13)8-2-1-3-8/h4-5,7-8,11,15H,1-3,6,13H2,(H2,12,14). The topological polar surface area (TPSA) is 77.0 Å². The van der Waals surface area contributed by atoms with Gasteiger partial charge in [-0.2, -0.15) is 0 Å². The van der Waals surface area contributed by atoms with Gasteiger partial charge in [0.05, 0.1) is 0 Å². The summed E-state index contributed by atoms with van der Waals surface area (Å²) in [5.74, 6) is 6.27. The van der Waals surface area contributed by atoms with Crippen LogP contribution in [0.5, 0.6) is 0 Å². The van der Waals surface area contributed by atoms with Crippen LogP contribution in [0, 0.1) is 5.92 Å². The molecule has 1 atom stereocenters. The number of aromatic nitrogens is 1. The zero-order valence-corrected chi connectivity index (χ0v) is 8.82. The van der Waals surface area contributed by atoms with Crippen molar-refractivity contribution in [3.63, 3.8) is 0 Å². The molecule has 0 amide bonds. The van der Waals surface area contributed by atoms with Crippen molar-refractivity contribution in [3.05, 3.63) is 24.0 Å². The van der Waals surface area contributed by atoms with E-state index in [1.807, 2.05) is 12.3 Å². The average molecular weight is 206 g/mol. The largest absolute Gasteiger partial charge is 0.398 e. The van der Waals surface area contributed by atoms with E-state index >= 15 is 0 Å². The highest BCUT2D eigenvalue weighted by atomic mass is 15.2. The maximum atomic E-state index is 5.87. The van der Waals surface area contributed by atoms with Crippen molar-refractivity contribution in [2.24, 2.45) is 11.8 Å². The number of anilines is 1. The van der Waals surface area contributed by atoms with Crippen molar-refractivity contribution >= 4 is 5.69 Å². The Morgan fingerprint density at radius 2 is 2.33 bits per heavy atom. The molecule has 0 bridgehead atoms. The predicted octanol–water partition coefficient (Wildman–Crippen LogP) is 0.838. The zero-order chi connectivity index (χ0) is 10.7. The minimum Gasteiger partial charge on any atom is -0.398 e. The molecule has 82 valence electrons. The summed E-state index contributed by atoms with van der Waals surface area (Å²) in [4.78, 5) is 4.09. The van der Waals surface area contributed by atoms with Crippen LogP contribution in [0.15, 0.2) is 18.5 Å². The second-order valence-corrected chi connectivity index (χ2v) is 4.24. The molecule has 1 saturated carbocycles. The van der Waals surface area contributed by atoms with Crippen LogP contribution in [0.25, 0.3) is 0 Å². The fourth-order valence-electron chi connectivity index (χ4n) is 2.05. The summed E-state index contributed by atoms with van der Waals surface area (Å²) in [5, 5.41) is 0. The van der Waals surface area contributed by atoms with Crippen molar-refractivity contribution in [2.75, 3.05) is 5.73 Å². The number of nitrogens with one attached hydrogen (secondary N) is 1. The fraction of sp³-hybridized carbons (Fsp3) is 0.545. The summed E-state index contributed by atoms with van der Waals surface area (Å²) in [6.07, 6.45) is 8.29. The second-order valence-electron chi connectivity index (χ2n) is 4.24. The van der Waals surface area contributed by atoms with E-state index in [0.29, 0.717) is 12.0 Å². The predicted molar refractivity (Wildman–Crippen MR) is 60.8 cm³/mol. The van der Waals surface area contributed by atoms with Gasteiger partial charge >= 0.3 is 0 Å². The average Bonchev–Trinajstić information content (AvgIpc) is 2.17. The molecule has 0 aromatic carbocycles. The molecular formula is C11H18N4. The van der Waals surface area contributed by atoms with Gasteiger partial charge in [0.1, 0.15) is 0 Å². The van der Waals surface area contributed by atoms with Gasteiger partial charge in [0.15, 0.2) is 0 Å². The molecule has 15 heavy (non-hydrogen) atoms. The first-order valence-electron chi connectivity index (χ1n) is 5.45. The van der Waals surface area contributed by atoms with Crippen molar-refractivity contribution in [1.82, 2.24) is 10.4 Å². The van der Waals surface area contributed by atoms with Crippen LogP contribution < -0.4 is 17.0 Å². The maximum Gasteiger partial charge on any atom is 0.0378 e. The lowest BCUT2D eigenvalue weighted by atomic mass is 9.78. The van der Waals surface area contributed by atoms with Gasteiger partial charge < -0.3 is 5.73 Å². The van der Waals surface area contributed by atoms with Crippen LogP contribution >= 0.6 is 0 Å². The van der Waals surface area contributed by atoms with Gasteiger partial charge in [0, 0.05) is 24.1 Å². The van der Waals surface area contributed by atoms with Crippen molar-refractivity contribution in [2.45, 2.75) is 31.7 Å².